The van der Waals surface area contributed by atoms with Crippen molar-refractivity contribution in [2.75, 3.05) is 6.54 Å². The second kappa shape index (κ2) is 2.77. The van der Waals surface area contributed by atoms with Gasteiger partial charge in [-0.3, -0.25) is 0 Å². The molecule has 0 atom stereocenters. The number of thiocarbonyl (C=S) groups is 1. The Bertz CT molecular complexity index is 143. The van der Waals surface area contributed by atoms with Crippen LogP contribution in [0.1, 0.15) is 12.8 Å². The van der Waals surface area contributed by atoms with Gasteiger partial charge in [0.15, 0.2) is 5.11 Å². The summed E-state index contributed by atoms with van der Waals surface area (Å²) in [6.45, 7) is 0.867. The van der Waals surface area contributed by atoms with Gasteiger partial charge in [-0.2, -0.15) is 5.10 Å². The Kier molecular flexibility index (Phi) is 2.00. The molecule has 1 aliphatic rings. The van der Waals surface area contributed by atoms with Crippen molar-refractivity contribution in [2.24, 2.45) is 10.8 Å². The number of nitrogens with two attached hydrogens (primary N) is 1. The van der Waals surface area contributed by atoms with Crippen LogP contribution in [0.3, 0.4) is 0 Å². The molecule has 0 bridgehead atoms. The van der Waals surface area contributed by atoms with Gasteiger partial charge in [-0.1, -0.05) is 0 Å². The number of hydrogen-bond acceptors (Lipinski definition) is 2. The minimum absolute atomic E-state index is 0.367. The molecule has 0 saturated heterocycles. The lowest BCUT2D eigenvalue weighted by molar-refractivity contribution is 0.425. The first kappa shape index (κ1) is 6.48. The maximum atomic E-state index is 5.31. The van der Waals surface area contributed by atoms with Crippen LogP contribution in [0.25, 0.3) is 0 Å². The van der Waals surface area contributed by atoms with E-state index in [1.54, 1.807) is 5.01 Å². The third-order valence-electron chi connectivity index (χ3n) is 1.18. The Labute approximate surface area is 59.5 Å². The number of nitrogens with zero attached hydrogens (tertiary/aromatic N) is 2. The van der Waals surface area contributed by atoms with Crippen molar-refractivity contribution in [3.63, 3.8) is 0 Å². The first-order valence-electron chi connectivity index (χ1n) is 2.90. The molecule has 0 fully saturated rings. The van der Waals surface area contributed by atoms with E-state index >= 15 is 0 Å². The topological polar surface area (TPSA) is 41.6 Å². The predicted octanol–water partition coefficient (Wildman–Crippen LogP) is 0.312. The highest BCUT2D eigenvalue weighted by Crippen LogP contribution is 2.00. The Morgan fingerprint density at radius 1 is 1.78 bits per heavy atom. The highest BCUT2D eigenvalue weighted by atomic mass is 32.1. The molecule has 1 rings (SSSR count). The Balaban J connectivity index is 2.50. The van der Waals surface area contributed by atoms with Gasteiger partial charge in [0.05, 0.1) is 0 Å². The van der Waals surface area contributed by atoms with Crippen LogP contribution < -0.4 is 5.73 Å². The van der Waals surface area contributed by atoms with E-state index < -0.39 is 0 Å². The predicted molar refractivity (Wildman–Crippen MR) is 41.2 cm³/mol. The van der Waals surface area contributed by atoms with Crippen LogP contribution in [0.15, 0.2) is 5.10 Å². The molecule has 0 aromatic carbocycles. The highest BCUT2D eigenvalue weighted by Gasteiger charge is 2.05. The average Bonchev–Trinajstić information content (AvgIpc) is 1.90. The summed E-state index contributed by atoms with van der Waals surface area (Å²) in [6.07, 6.45) is 3.97. The largest absolute Gasteiger partial charge is 0.375 e. The van der Waals surface area contributed by atoms with Crippen LogP contribution in [-0.4, -0.2) is 22.9 Å². The molecular formula is C5H9N3S. The summed E-state index contributed by atoms with van der Waals surface area (Å²) in [5.74, 6) is 0. The van der Waals surface area contributed by atoms with Gasteiger partial charge < -0.3 is 5.73 Å². The maximum Gasteiger partial charge on any atom is 0.186 e. The molecule has 0 aliphatic carbocycles. The summed E-state index contributed by atoms with van der Waals surface area (Å²) in [6, 6.07) is 0. The molecule has 0 aromatic rings. The van der Waals surface area contributed by atoms with E-state index in [0.29, 0.717) is 5.11 Å². The van der Waals surface area contributed by atoms with Crippen molar-refractivity contribution < 1.29 is 0 Å². The van der Waals surface area contributed by atoms with E-state index in [9.17, 15) is 0 Å². The minimum Gasteiger partial charge on any atom is -0.375 e. The first-order chi connectivity index (χ1) is 4.30. The van der Waals surface area contributed by atoms with E-state index in [1.807, 2.05) is 6.21 Å². The maximum absolute atomic E-state index is 5.31. The number of hydrogen-bond donors (Lipinski definition) is 1. The monoisotopic (exact) mass is 143 g/mol. The molecule has 0 radical (unpaired) electrons. The van der Waals surface area contributed by atoms with Gasteiger partial charge in [0.1, 0.15) is 0 Å². The fourth-order valence-corrected chi connectivity index (χ4v) is 0.852. The second-order valence-corrected chi connectivity index (χ2v) is 2.32. The molecule has 0 spiro atoms. The molecule has 0 unspecified atom stereocenters. The third kappa shape index (κ3) is 1.64. The Morgan fingerprint density at radius 2 is 2.56 bits per heavy atom. The normalized spacial score (nSPS) is 18.0. The van der Waals surface area contributed by atoms with Gasteiger partial charge >= 0.3 is 0 Å². The molecule has 0 aromatic heterocycles. The molecule has 2 N–H and O–H groups in total. The first-order valence-corrected chi connectivity index (χ1v) is 3.31. The minimum atomic E-state index is 0.367. The summed E-state index contributed by atoms with van der Waals surface area (Å²) >= 11 is 4.71. The summed E-state index contributed by atoms with van der Waals surface area (Å²) in [5, 5.41) is 5.98. The van der Waals surface area contributed by atoms with Crippen molar-refractivity contribution in [3.8, 4) is 0 Å². The molecule has 1 heterocycles. The van der Waals surface area contributed by atoms with Crippen LogP contribution in [0.5, 0.6) is 0 Å². The number of hydrazone groups is 1. The lowest BCUT2D eigenvalue weighted by Gasteiger charge is -2.18. The molecular weight excluding hydrogens is 134 g/mol. The van der Waals surface area contributed by atoms with Gasteiger partial charge in [-0.15, -0.1) is 0 Å². The molecule has 4 heteroatoms. The quantitative estimate of drug-likeness (QED) is 0.496. The summed E-state index contributed by atoms with van der Waals surface area (Å²) in [7, 11) is 0. The van der Waals surface area contributed by atoms with Gasteiger partial charge in [-0.05, 0) is 25.1 Å². The van der Waals surface area contributed by atoms with Crippen molar-refractivity contribution in [1.82, 2.24) is 5.01 Å². The molecule has 0 saturated carbocycles. The highest BCUT2D eigenvalue weighted by molar-refractivity contribution is 7.80. The zero-order chi connectivity index (χ0) is 6.69. The van der Waals surface area contributed by atoms with Crippen LogP contribution >= 0.6 is 12.2 Å². The van der Waals surface area contributed by atoms with E-state index in [1.165, 1.54) is 0 Å². The van der Waals surface area contributed by atoms with Crippen molar-refractivity contribution in [3.05, 3.63) is 0 Å². The lowest BCUT2D eigenvalue weighted by Crippen LogP contribution is -2.33. The van der Waals surface area contributed by atoms with E-state index in [0.717, 1.165) is 19.4 Å². The second-order valence-electron chi connectivity index (χ2n) is 1.90. The SMILES string of the molecule is NC(=S)N1CCCC=N1. The van der Waals surface area contributed by atoms with E-state index in [2.05, 4.69) is 5.10 Å². The van der Waals surface area contributed by atoms with Crippen LogP contribution in [0.4, 0.5) is 0 Å². The van der Waals surface area contributed by atoms with Crippen LogP contribution in [0, 0.1) is 0 Å². The van der Waals surface area contributed by atoms with Crippen LogP contribution in [0.2, 0.25) is 0 Å². The summed E-state index contributed by atoms with van der Waals surface area (Å²) in [5.41, 5.74) is 5.31. The van der Waals surface area contributed by atoms with E-state index in [4.69, 9.17) is 18.0 Å². The van der Waals surface area contributed by atoms with Crippen molar-refractivity contribution in [1.29, 1.82) is 0 Å². The molecule has 0 amide bonds. The Hall–Kier alpha value is -0.640. The zero-order valence-electron chi connectivity index (χ0n) is 5.08. The molecule has 50 valence electrons. The van der Waals surface area contributed by atoms with Crippen molar-refractivity contribution >= 4 is 23.5 Å². The fourth-order valence-electron chi connectivity index (χ4n) is 0.713. The third-order valence-corrected chi connectivity index (χ3v) is 1.39. The van der Waals surface area contributed by atoms with Crippen LogP contribution in [-0.2, 0) is 0 Å². The number of rotatable bonds is 0. The van der Waals surface area contributed by atoms with E-state index in [-0.39, 0.29) is 0 Å². The molecule has 3 nitrogen and oxygen atoms in total. The summed E-state index contributed by atoms with van der Waals surface area (Å²) < 4.78 is 0. The standard InChI is InChI=1S/C5H9N3S/c6-5(9)8-4-2-1-3-7-8/h3H,1-2,4H2,(H2,6,9). The molecule has 1 aliphatic heterocycles. The summed E-state index contributed by atoms with van der Waals surface area (Å²) in [4.78, 5) is 0. The van der Waals surface area contributed by atoms with Gasteiger partial charge in [0.25, 0.3) is 0 Å². The average molecular weight is 143 g/mol. The van der Waals surface area contributed by atoms with Crippen molar-refractivity contribution in [2.45, 2.75) is 12.8 Å². The van der Waals surface area contributed by atoms with Gasteiger partial charge in [0, 0.05) is 12.8 Å². The zero-order valence-corrected chi connectivity index (χ0v) is 5.90. The smallest absolute Gasteiger partial charge is 0.186 e. The van der Waals surface area contributed by atoms with Gasteiger partial charge in [-0.25, -0.2) is 5.01 Å². The molecule has 9 heavy (non-hydrogen) atoms. The lowest BCUT2D eigenvalue weighted by atomic mass is 10.3. The Morgan fingerprint density at radius 3 is 2.89 bits per heavy atom. The van der Waals surface area contributed by atoms with Gasteiger partial charge in [0.2, 0.25) is 0 Å². The fraction of sp³-hybridized carbons (Fsp3) is 0.600.